The minimum Gasteiger partial charge on any atom is -0.508 e. The fraction of sp³-hybridized carbons (Fsp3) is 0.381. The Bertz CT molecular complexity index is 2140. The molecule has 8 rings (SSSR count). The molecule has 14 atom stereocenters. The van der Waals surface area contributed by atoms with E-state index in [0.29, 0.717) is 0 Å². The summed E-state index contributed by atoms with van der Waals surface area (Å²) in [6.07, 6.45) is -19.4. The molecule has 4 aromatic carbocycles. The first-order chi connectivity index (χ1) is 29.6. The fourth-order valence-corrected chi connectivity index (χ4v) is 8.18. The zero-order valence-electron chi connectivity index (χ0n) is 32.1. The molecule has 330 valence electrons. The van der Waals surface area contributed by atoms with Crippen molar-refractivity contribution in [2.45, 2.75) is 73.6 Å². The van der Waals surface area contributed by atoms with Gasteiger partial charge in [-0.2, -0.15) is 0 Å². The van der Waals surface area contributed by atoms with Gasteiger partial charge in [0, 0.05) is 24.3 Å². The number of hydrogen-bond donors (Lipinski definition) is 12. The van der Waals surface area contributed by atoms with Gasteiger partial charge < -0.3 is 89.7 Å². The number of aromatic hydroxyl groups is 4. The van der Waals surface area contributed by atoms with Crippen molar-refractivity contribution in [1.29, 1.82) is 0 Å². The third-order valence-electron chi connectivity index (χ3n) is 11.4. The molecule has 62 heavy (non-hydrogen) atoms. The van der Waals surface area contributed by atoms with E-state index in [1.807, 2.05) is 0 Å². The lowest BCUT2D eigenvalue weighted by Crippen LogP contribution is -2.60. The van der Waals surface area contributed by atoms with Crippen molar-refractivity contribution >= 4 is 11.6 Å². The number of ketones is 2. The summed E-state index contributed by atoms with van der Waals surface area (Å²) in [5.74, 6) is -7.62. The van der Waals surface area contributed by atoms with Crippen LogP contribution in [-0.2, 0) is 9.47 Å². The summed E-state index contributed by atoms with van der Waals surface area (Å²) in [5, 5.41) is 125. The van der Waals surface area contributed by atoms with E-state index in [1.54, 1.807) is 0 Å². The summed E-state index contributed by atoms with van der Waals surface area (Å²) in [6.45, 7) is -1.50. The van der Waals surface area contributed by atoms with Crippen LogP contribution in [0.2, 0.25) is 0 Å². The van der Waals surface area contributed by atoms with Crippen LogP contribution in [0, 0.1) is 11.8 Å². The number of carbonyl (C=O) groups is 2. The average Bonchev–Trinajstić information content (AvgIpc) is 3.24. The molecule has 14 unspecified atom stereocenters. The highest BCUT2D eigenvalue weighted by atomic mass is 16.7. The van der Waals surface area contributed by atoms with E-state index in [1.165, 1.54) is 60.7 Å². The van der Waals surface area contributed by atoms with Crippen molar-refractivity contribution < 1.29 is 99.3 Å². The van der Waals surface area contributed by atoms with Gasteiger partial charge >= 0.3 is 0 Å². The summed E-state index contributed by atoms with van der Waals surface area (Å²) in [6, 6.07) is 15.2. The SMILES string of the molecule is O=C1c2c(O)cc(OC3OC(CO)C(O)C(O)C3O)cc2OC(c2ccc(O)cc2)C1C1C(=O)c2c(O)cc(OC3OC(CO)C(O)C(O)C3O)cc2OC1c1ccc(O)cc1. The van der Waals surface area contributed by atoms with E-state index < -0.39 is 133 Å². The van der Waals surface area contributed by atoms with Gasteiger partial charge in [0.15, 0.2) is 11.6 Å². The smallest absolute Gasteiger partial charge is 0.229 e. The monoisotopic (exact) mass is 866 g/mol. The van der Waals surface area contributed by atoms with Gasteiger partial charge in [-0.1, -0.05) is 24.3 Å². The van der Waals surface area contributed by atoms with Crippen molar-refractivity contribution in [3.05, 3.63) is 95.1 Å². The highest BCUT2D eigenvalue weighted by Crippen LogP contribution is 2.54. The molecule has 0 aliphatic carbocycles. The zero-order chi connectivity index (χ0) is 44.3. The first-order valence-corrected chi connectivity index (χ1v) is 19.3. The number of benzene rings is 4. The first-order valence-electron chi connectivity index (χ1n) is 19.3. The lowest BCUT2D eigenvalue weighted by atomic mass is 9.69. The van der Waals surface area contributed by atoms with Crippen LogP contribution in [0.25, 0.3) is 0 Å². The van der Waals surface area contributed by atoms with Gasteiger partial charge in [0.25, 0.3) is 0 Å². The molecule has 4 aliphatic rings. The van der Waals surface area contributed by atoms with Crippen LogP contribution in [0.5, 0.6) is 46.0 Å². The number of rotatable bonds is 9. The molecule has 2 fully saturated rings. The molecule has 20 nitrogen and oxygen atoms in total. The van der Waals surface area contributed by atoms with E-state index in [9.17, 15) is 70.9 Å². The molecule has 4 heterocycles. The molecule has 0 saturated carbocycles. The minimum absolute atomic E-state index is 0.152. The number of fused-ring (bicyclic) bond motifs is 2. The number of Topliss-reactive ketones (excluding diaryl/α,β-unsaturated/α-hetero) is 2. The Morgan fingerprint density at radius 1 is 0.484 bits per heavy atom. The molecule has 12 N–H and O–H groups in total. The van der Waals surface area contributed by atoms with Crippen molar-refractivity contribution in [2.75, 3.05) is 13.2 Å². The fourth-order valence-electron chi connectivity index (χ4n) is 8.18. The maximum Gasteiger partial charge on any atom is 0.229 e. The Morgan fingerprint density at radius 3 is 1.18 bits per heavy atom. The zero-order valence-corrected chi connectivity index (χ0v) is 32.1. The molecule has 4 aliphatic heterocycles. The Balaban J connectivity index is 1.20. The van der Waals surface area contributed by atoms with Crippen LogP contribution >= 0.6 is 0 Å². The summed E-state index contributed by atoms with van der Waals surface area (Å²) >= 11 is 0. The molecule has 20 heteroatoms. The molecule has 0 radical (unpaired) electrons. The Kier molecular flexibility index (Phi) is 11.6. The first kappa shape index (κ1) is 42.9. The van der Waals surface area contributed by atoms with Crippen molar-refractivity contribution in [3.8, 4) is 46.0 Å². The van der Waals surface area contributed by atoms with Gasteiger partial charge in [-0.15, -0.1) is 0 Å². The van der Waals surface area contributed by atoms with Crippen molar-refractivity contribution in [3.63, 3.8) is 0 Å². The van der Waals surface area contributed by atoms with Crippen LogP contribution in [0.15, 0.2) is 72.8 Å². The number of hydrogen-bond acceptors (Lipinski definition) is 20. The summed E-state index contributed by atoms with van der Waals surface area (Å²) < 4.78 is 35.1. The van der Waals surface area contributed by atoms with Gasteiger partial charge in [0.1, 0.15) is 118 Å². The topological polar surface area (TPSA) is 332 Å². The molecule has 4 aromatic rings. The summed E-state index contributed by atoms with van der Waals surface area (Å²) in [4.78, 5) is 30.0. The van der Waals surface area contributed by atoms with Crippen LogP contribution < -0.4 is 18.9 Å². The van der Waals surface area contributed by atoms with Crippen molar-refractivity contribution in [2.24, 2.45) is 11.8 Å². The van der Waals surface area contributed by atoms with Crippen LogP contribution in [0.4, 0.5) is 0 Å². The molecule has 0 bridgehead atoms. The predicted molar refractivity (Wildman–Crippen MR) is 204 cm³/mol. The van der Waals surface area contributed by atoms with E-state index in [2.05, 4.69) is 0 Å². The molecule has 0 aromatic heterocycles. The van der Waals surface area contributed by atoms with E-state index >= 15 is 0 Å². The third-order valence-corrected chi connectivity index (χ3v) is 11.4. The number of aliphatic hydroxyl groups excluding tert-OH is 8. The number of aliphatic hydroxyl groups is 8. The summed E-state index contributed by atoms with van der Waals surface area (Å²) in [7, 11) is 0. The lowest BCUT2D eigenvalue weighted by Gasteiger charge is -2.42. The molecule has 2 saturated heterocycles. The van der Waals surface area contributed by atoms with E-state index in [4.69, 9.17) is 28.4 Å². The van der Waals surface area contributed by atoms with Gasteiger partial charge in [0.05, 0.1) is 25.0 Å². The number of carbonyl (C=O) groups excluding carboxylic acids is 2. The van der Waals surface area contributed by atoms with Crippen molar-refractivity contribution in [1.82, 2.24) is 0 Å². The lowest BCUT2D eigenvalue weighted by molar-refractivity contribution is -0.277. The van der Waals surface area contributed by atoms with Gasteiger partial charge in [-0.3, -0.25) is 9.59 Å². The Labute approximate surface area is 350 Å². The van der Waals surface area contributed by atoms with E-state index in [-0.39, 0.29) is 45.6 Å². The minimum atomic E-state index is -1.83. The number of ether oxygens (including phenoxy) is 6. The van der Waals surface area contributed by atoms with Gasteiger partial charge in [0.2, 0.25) is 12.6 Å². The molecule has 0 amide bonds. The second-order valence-electron chi connectivity index (χ2n) is 15.3. The van der Waals surface area contributed by atoms with Crippen LogP contribution in [-0.4, -0.2) is 147 Å². The molecular weight excluding hydrogens is 824 g/mol. The number of phenols is 4. The Morgan fingerprint density at radius 2 is 0.839 bits per heavy atom. The quantitative estimate of drug-likeness (QED) is 0.100. The largest absolute Gasteiger partial charge is 0.508 e. The maximum atomic E-state index is 15.0. The average molecular weight is 867 g/mol. The Hall–Kier alpha value is -5.78. The highest BCUT2D eigenvalue weighted by molar-refractivity contribution is 6.11. The molecule has 0 spiro atoms. The second-order valence-corrected chi connectivity index (χ2v) is 15.3. The van der Waals surface area contributed by atoms with E-state index in [0.717, 1.165) is 12.1 Å². The normalized spacial score (nSPS) is 33.1. The van der Waals surface area contributed by atoms with Gasteiger partial charge in [-0.05, 0) is 35.4 Å². The third kappa shape index (κ3) is 7.59. The summed E-state index contributed by atoms with van der Waals surface area (Å²) in [5.41, 5.74) is -0.326. The standard InChI is InChI=1S/C42H42O20/c43-13-25-31(49)35(53)37(55)41(61-25)57-19-9-21(47)27-23(11-19)59-39(15-1-5-17(45)6-2-15)29(33(27)51)30-34(52)28-22(48)10-20(58-42-38(56)36(54)32(50)26(14-44)62-42)12-24(28)60-40(30)16-3-7-18(46)8-4-16/h1-12,25-26,29-32,35-50,53-56H,13-14H2. The van der Waals surface area contributed by atoms with Crippen LogP contribution in [0.3, 0.4) is 0 Å². The maximum absolute atomic E-state index is 15.0. The van der Waals surface area contributed by atoms with Crippen LogP contribution in [0.1, 0.15) is 44.1 Å². The highest BCUT2D eigenvalue weighted by Gasteiger charge is 2.54. The van der Waals surface area contributed by atoms with Gasteiger partial charge in [-0.25, -0.2) is 0 Å². The predicted octanol–water partition coefficient (Wildman–Crippen LogP) is -0.568. The molecular formula is C42H42O20. The second kappa shape index (κ2) is 16.8. The number of phenolic OH excluding ortho intramolecular Hbond substituents is 4.